The van der Waals surface area contributed by atoms with Gasteiger partial charge in [0, 0.05) is 16.6 Å². The number of carbonyl (C=O) groups excluding carboxylic acids is 1. The summed E-state index contributed by atoms with van der Waals surface area (Å²) in [5, 5.41) is 9.35. The van der Waals surface area contributed by atoms with Crippen molar-refractivity contribution in [3.63, 3.8) is 0 Å². The van der Waals surface area contributed by atoms with E-state index in [9.17, 15) is 14.7 Å². The Morgan fingerprint density at radius 1 is 1.42 bits per heavy atom. The van der Waals surface area contributed by atoms with Crippen molar-refractivity contribution in [2.75, 3.05) is 6.54 Å². The summed E-state index contributed by atoms with van der Waals surface area (Å²) < 4.78 is 0.906. The number of aryl methyl sites for hydroxylation is 1. The number of hydrogen-bond acceptors (Lipinski definition) is 2. The van der Waals surface area contributed by atoms with Crippen LogP contribution in [0.5, 0.6) is 0 Å². The van der Waals surface area contributed by atoms with Crippen molar-refractivity contribution < 1.29 is 14.7 Å². The maximum absolute atomic E-state index is 12.5. The number of likely N-dealkylation sites (tertiary alicyclic amines) is 1. The van der Waals surface area contributed by atoms with Crippen LogP contribution in [0, 0.1) is 6.92 Å². The lowest BCUT2D eigenvalue weighted by molar-refractivity contribution is -0.147. The minimum atomic E-state index is -1.09. The third kappa shape index (κ3) is 2.39. The van der Waals surface area contributed by atoms with Gasteiger partial charge in [0.1, 0.15) is 5.54 Å². The Hall–Kier alpha value is -1.36. The Labute approximate surface area is 120 Å². The first-order valence-electron chi connectivity index (χ1n) is 6.18. The van der Waals surface area contributed by atoms with Crippen LogP contribution in [0.25, 0.3) is 0 Å². The van der Waals surface area contributed by atoms with Gasteiger partial charge in [-0.3, -0.25) is 4.79 Å². The van der Waals surface area contributed by atoms with E-state index in [2.05, 4.69) is 15.9 Å². The molecule has 19 heavy (non-hydrogen) atoms. The van der Waals surface area contributed by atoms with Gasteiger partial charge in [0.05, 0.1) is 0 Å². The fraction of sp³-hybridized carbons (Fsp3) is 0.429. The Bertz CT molecular complexity index is 543. The van der Waals surface area contributed by atoms with Gasteiger partial charge in [0.15, 0.2) is 0 Å². The van der Waals surface area contributed by atoms with Crippen molar-refractivity contribution in [2.24, 2.45) is 0 Å². The van der Waals surface area contributed by atoms with Crippen LogP contribution in [0.1, 0.15) is 35.7 Å². The summed E-state index contributed by atoms with van der Waals surface area (Å²) >= 11 is 3.36. The Balaban J connectivity index is 2.36. The number of benzene rings is 1. The van der Waals surface area contributed by atoms with Gasteiger partial charge in [-0.15, -0.1) is 0 Å². The Morgan fingerprint density at radius 3 is 2.68 bits per heavy atom. The Morgan fingerprint density at radius 2 is 2.11 bits per heavy atom. The molecule has 1 aliphatic heterocycles. The van der Waals surface area contributed by atoms with Crippen LogP contribution >= 0.6 is 15.9 Å². The van der Waals surface area contributed by atoms with Crippen molar-refractivity contribution in [1.82, 2.24) is 4.90 Å². The molecule has 4 nitrogen and oxygen atoms in total. The first kappa shape index (κ1) is 14.1. The highest BCUT2D eigenvalue weighted by Gasteiger charge is 2.46. The molecule has 1 unspecified atom stereocenters. The van der Waals surface area contributed by atoms with Crippen molar-refractivity contribution >= 4 is 27.8 Å². The molecule has 1 atom stereocenters. The van der Waals surface area contributed by atoms with Gasteiger partial charge in [0.2, 0.25) is 0 Å². The van der Waals surface area contributed by atoms with E-state index in [4.69, 9.17) is 0 Å². The van der Waals surface area contributed by atoms with Crippen LogP contribution < -0.4 is 0 Å². The first-order valence-corrected chi connectivity index (χ1v) is 6.97. The van der Waals surface area contributed by atoms with E-state index in [0.29, 0.717) is 18.5 Å². The summed E-state index contributed by atoms with van der Waals surface area (Å²) in [6.45, 7) is 3.97. The lowest BCUT2D eigenvalue weighted by Crippen LogP contribution is -2.50. The fourth-order valence-electron chi connectivity index (χ4n) is 2.52. The van der Waals surface area contributed by atoms with Crippen LogP contribution in [-0.4, -0.2) is 34.0 Å². The van der Waals surface area contributed by atoms with Crippen molar-refractivity contribution in [3.8, 4) is 0 Å². The van der Waals surface area contributed by atoms with E-state index in [-0.39, 0.29) is 5.91 Å². The van der Waals surface area contributed by atoms with Crippen molar-refractivity contribution in [2.45, 2.75) is 32.2 Å². The van der Waals surface area contributed by atoms with Crippen LogP contribution in [0.15, 0.2) is 22.7 Å². The maximum Gasteiger partial charge on any atom is 0.329 e. The summed E-state index contributed by atoms with van der Waals surface area (Å²) in [7, 11) is 0. The summed E-state index contributed by atoms with van der Waals surface area (Å²) in [6.07, 6.45) is 1.23. The smallest absolute Gasteiger partial charge is 0.329 e. The third-order valence-corrected chi connectivity index (χ3v) is 4.26. The highest BCUT2D eigenvalue weighted by Crippen LogP contribution is 2.31. The summed E-state index contributed by atoms with van der Waals surface area (Å²) in [5.41, 5.74) is 0.327. The number of carboxylic acids is 1. The number of carboxylic acid groups (broad SMARTS) is 1. The van der Waals surface area contributed by atoms with Gasteiger partial charge in [-0.05, 0) is 50.5 Å². The second kappa shape index (κ2) is 4.96. The molecule has 1 aromatic rings. The molecule has 5 heteroatoms. The molecule has 0 bridgehead atoms. The zero-order valence-corrected chi connectivity index (χ0v) is 12.5. The molecule has 1 fully saturated rings. The highest BCUT2D eigenvalue weighted by molar-refractivity contribution is 9.10. The number of halogens is 1. The molecule has 1 N–H and O–H groups in total. The standard InChI is InChI=1S/C14H16BrNO3/c1-9-8-10(15)4-5-11(9)12(17)16-7-3-6-14(16,2)13(18)19/h4-5,8H,3,6-7H2,1-2H3,(H,18,19). The van der Waals surface area contributed by atoms with Gasteiger partial charge >= 0.3 is 5.97 Å². The minimum absolute atomic E-state index is 0.201. The molecule has 0 aliphatic carbocycles. The zero-order valence-electron chi connectivity index (χ0n) is 10.9. The van der Waals surface area contributed by atoms with Gasteiger partial charge in [-0.1, -0.05) is 15.9 Å². The van der Waals surface area contributed by atoms with E-state index in [1.807, 2.05) is 13.0 Å². The maximum atomic E-state index is 12.5. The molecule has 1 saturated heterocycles. The second-order valence-corrected chi connectivity index (χ2v) is 6.01. The van der Waals surface area contributed by atoms with Gasteiger partial charge in [0.25, 0.3) is 5.91 Å². The molecule has 2 rings (SSSR count). The summed E-state index contributed by atoms with van der Waals surface area (Å²) in [4.78, 5) is 25.4. The molecule has 0 saturated carbocycles. The zero-order chi connectivity index (χ0) is 14.2. The van der Waals surface area contributed by atoms with E-state index in [1.54, 1.807) is 19.1 Å². The first-order chi connectivity index (χ1) is 8.86. The largest absolute Gasteiger partial charge is 0.480 e. The number of aliphatic carboxylic acids is 1. The molecule has 0 spiro atoms. The van der Waals surface area contributed by atoms with Crippen LogP contribution in [0.3, 0.4) is 0 Å². The molecular weight excluding hydrogens is 310 g/mol. The van der Waals surface area contributed by atoms with E-state index < -0.39 is 11.5 Å². The monoisotopic (exact) mass is 325 g/mol. The minimum Gasteiger partial charge on any atom is -0.480 e. The van der Waals surface area contributed by atoms with Crippen molar-refractivity contribution in [3.05, 3.63) is 33.8 Å². The molecular formula is C14H16BrNO3. The normalized spacial score (nSPS) is 22.6. The lowest BCUT2D eigenvalue weighted by atomic mass is 9.98. The number of hydrogen-bond donors (Lipinski definition) is 1. The number of carbonyl (C=O) groups is 2. The number of nitrogens with zero attached hydrogens (tertiary/aromatic N) is 1. The average Bonchev–Trinajstić information content (AvgIpc) is 2.72. The second-order valence-electron chi connectivity index (χ2n) is 5.10. The SMILES string of the molecule is Cc1cc(Br)ccc1C(=O)N1CCCC1(C)C(=O)O. The molecule has 1 heterocycles. The Kier molecular flexibility index (Phi) is 3.67. The topological polar surface area (TPSA) is 57.6 Å². The number of amides is 1. The lowest BCUT2D eigenvalue weighted by Gasteiger charge is -2.31. The van der Waals surface area contributed by atoms with Gasteiger partial charge in [-0.2, -0.15) is 0 Å². The predicted octanol–water partition coefficient (Wildman–Crippen LogP) is 2.84. The molecule has 1 aromatic carbocycles. The average molecular weight is 326 g/mol. The van der Waals surface area contributed by atoms with Gasteiger partial charge < -0.3 is 10.0 Å². The van der Waals surface area contributed by atoms with E-state index in [0.717, 1.165) is 16.5 Å². The molecule has 0 aromatic heterocycles. The summed E-state index contributed by atoms with van der Waals surface area (Å²) in [5.74, 6) is -1.14. The molecule has 0 radical (unpaired) electrons. The highest BCUT2D eigenvalue weighted by atomic mass is 79.9. The van der Waals surface area contributed by atoms with Crippen LogP contribution in [0.4, 0.5) is 0 Å². The fourth-order valence-corrected chi connectivity index (χ4v) is 3.00. The predicted molar refractivity (Wildman–Crippen MR) is 75.2 cm³/mol. The molecule has 1 amide bonds. The quantitative estimate of drug-likeness (QED) is 0.909. The van der Waals surface area contributed by atoms with E-state index in [1.165, 1.54) is 4.90 Å². The number of rotatable bonds is 2. The van der Waals surface area contributed by atoms with E-state index >= 15 is 0 Å². The molecule has 1 aliphatic rings. The third-order valence-electron chi connectivity index (χ3n) is 3.77. The van der Waals surface area contributed by atoms with Crippen molar-refractivity contribution in [1.29, 1.82) is 0 Å². The van der Waals surface area contributed by atoms with Gasteiger partial charge in [-0.25, -0.2) is 4.79 Å². The van der Waals surface area contributed by atoms with Crippen LogP contribution in [-0.2, 0) is 4.79 Å². The molecule has 102 valence electrons. The summed E-state index contributed by atoms with van der Waals surface area (Å²) in [6, 6.07) is 5.40. The van der Waals surface area contributed by atoms with Crippen LogP contribution in [0.2, 0.25) is 0 Å².